The van der Waals surface area contributed by atoms with Gasteiger partial charge in [0.25, 0.3) is 0 Å². The zero-order valence-corrected chi connectivity index (χ0v) is 14.5. The number of hydrazone groups is 1. The zero-order valence-electron chi connectivity index (χ0n) is 13.7. The largest absolute Gasteiger partial charge is 0.497 e. The Morgan fingerprint density at radius 2 is 1.88 bits per heavy atom. The van der Waals surface area contributed by atoms with E-state index in [1.165, 1.54) is 16.9 Å². The molecule has 3 aromatic rings. The van der Waals surface area contributed by atoms with Crippen molar-refractivity contribution < 1.29 is 4.74 Å². The van der Waals surface area contributed by atoms with E-state index in [4.69, 9.17) is 4.74 Å². The Kier molecular flexibility index (Phi) is 5.23. The summed E-state index contributed by atoms with van der Waals surface area (Å²) in [6.07, 6.45) is 2.81. The van der Waals surface area contributed by atoms with E-state index >= 15 is 0 Å². The highest BCUT2D eigenvalue weighted by molar-refractivity contribution is 7.14. The second-order valence-electron chi connectivity index (χ2n) is 5.23. The van der Waals surface area contributed by atoms with E-state index in [0.717, 1.165) is 34.1 Å². The van der Waals surface area contributed by atoms with Crippen molar-refractivity contribution in [1.29, 1.82) is 0 Å². The molecule has 0 spiro atoms. The van der Waals surface area contributed by atoms with Crippen molar-refractivity contribution in [3.63, 3.8) is 0 Å². The van der Waals surface area contributed by atoms with Gasteiger partial charge in [-0.05, 0) is 41.8 Å². The lowest BCUT2D eigenvalue weighted by Gasteiger charge is -1.99. The summed E-state index contributed by atoms with van der Waals surface area (Å²) in [6.45, 7) is 2.15. The zero-order chi connectivity index (χ0) is 16.8. The van der Waals surface area contributed by atoms with Crippen LogP contribution in [0.2, 0.25) is 0 Å². The van der Waals surface area contributed by atoms with Gasteiger partial charge in [-0.15, -0.1) is 11.3 Å². The van der Waals surface area contributed by atoms with Gasteiger partial charge in [0.1, 0.15) is 5.75 Å². The topological polar surface area (TPSA) is 46.5 Å². The molecule has 0 saturated carbocycles. The Bertz CT molecular complexity index is 807. The molecule has 0 aliphatic carbocycles. The van der Waals surface area contributed by atoms with Gasteiger partial charge in [0.05, 0.1) is 19.0 Å². The quantitative estimate of drug-likeness (QED) is 0.518. The number of methoxy groups -OCH3 is 1. The molecule has 0 radical (unpaired) electrons. The summed E-state index contributed by atoms with van der Waals surface area (Å²) in [4.78, 5) is 4.57. The molecule has 3 rings (SSSR count). The first-order valence-corrected chi connectivity index (χ1v) is 8.64. The SMILES string of the molecule is CCc1ccc(-c2csc(NN=Cc3ccc(OC)cc3)n2)cc1. The molecule has 1 aromatic heterocycles. The van der Waals surface area contributed by atoms with Gasteiger partial charge in [0.15, 0.2) is 0 Å². The fourth-order valence-electron chi connectivity index (χ4n) is 2.22. The third-order valence-corrected chi connectivity index (χ3v) is 4.40. The standard InChI is InChI=1S/C19H19N3OS/c1-3-14-4-8-16(9-5-14)18-13-24-19(21-18)22-20-12-15-6-10-17(23-2)11-7-15/h4-13H,3H2,1-2H3,(H,21,22). The van der Waals surface area contributed by atoms with Gasteiger partial charge in [0.2, 0.25) is 5.13 Å². The van der Waals surface area contributed by atoms with Crippen molar-refractivity contribution in [1.82, 2.24) is 4.98 Å². The first kappa shape index (κ1) is 16.2. The van der Waals surface area contributed by atoms with E-state index in [9.17, 15) is 0 Å². The van der Waals surface area contributed by atoms with Crippen LogP contribution in [0.1, 0.15) is 18.1 Å². The number of nitrogens with one attached hydrogen (secondary N) is 1. The summed E-state index contributed by atoms with van der Waals surface area (Å²) in [5.74, 6) is 0.832. The molecule has 0 amide bonds. The number of aromatic nitrogens is 1. The molecule has 0 atom stereocenters. The lowest BCUT2D eigenvalue weighted by Crippen LogP contribution is -1.90. The number of ether oxygens (including phenoxy) is 1. The van der Waals surface area contributed by atoms with Crippen LogP contribution < -0.4 is 10.2 Å². The average molecular weight is 337 g/mol. The van der Waals surface area contributed by atoms with Gasteiger partial charge in [0, 0.05) is 10.9 Å². The normalized spacial score (nSPS) is 10.9. The third-order valence-electron chi connectivity index (χ3n) is 3.65. The predicted molar refractivity (Wildman–Crippen MR) is 101 cm³/mol. The summed E-state index contributed by atoms with van der Waals surface area (Å²) >= 11 is 1.54. The third kappa shape index (κ3) is 4.00. The van der Waals surface area contributed by atoms with Crippen LogP contribution in [0.5, 0.6) is 5.75 Å². The van der Waals surface area contributed by atoms with Crippen molar-refractivity contribution in [2.24, 2.45) is 5.10 Å². The van der Waals surface area contributed by atoms with Gasteiger partial charge in [-0.1, -0.05) is 31.2 Å². The summed E-state index contributed by atoms with van der Waals surface area (Å²) in [7, 11) is 1.65. The number of anilines is 1. The molecule has 0 saturated heterocycles. The number of thiazole rings is 1. The molecule has 1 heterocycles. The molecule has 122 valence electrons. The van der Waals surface area contributed by atoms with Crippen LogP contribution in [0.3, 0.4) is 0 Å². The molecule has 1 N–H and O–H groups in total. The van der Waals surface area contributed by atoms with Gasteiger partial charge in [-0.25, -0.2) is 4.98 Å². The average Bonchev–Trinajstić information content (AvgIpc) is 3.11. The van der Waals surface area contributed by atoms with Crippen molar-refractivity contribution in [3.05, 3.63) is 65.0 Å². The molecule has 24 heavy (non-hydrogen) atoms. The number of rotatable bonds is 6. The molecule has 0 fully saturated rings. The minimum absolute atomic E-state index is 0.773. The van der Waals surface area contributed by atoms with Crippen molar-refractivity contribution >= 4 is 22.7 Å². The predicted octanol–water partition coefficient (Wildman–Crippen LogP) is 4.83. The maximum absolute atomic E-state index is 5.13. The van der Waals surface area contributed by atoms with Crippen LogP contribution >= 0.6 is 11.3 Å². The Morgan fingerprint density at radius 3 is 2.54 bits per heavy atom. The molecule has 4 nitrogen and oxygen atoms in total. The van der Waals surface area contributed by atoms with Crippen LogP contribution in [0.25, 0.3) is 11.3 Å². The number of aryl methyl sites for hydroxylation is 1. The first-order chi connectivity index (χ1) is 11.8. The fourth-order valence-corrected chi connectivity index (χ4v) is 2.89. The van der Waals surface area contributed by atoms with Crippen molar-refractivity contribution in [3.8, 4) is 17.0 Å². The highest BCUT2D eigenvalue weighted by Crippen LogP contribution is 2.25. The van der Waals surface area contributed by atoms with E-state index in [1.807, 2.05) is 29.6 Å². The lowest BCUT2D eigenvalue weighted by molar-refractivity contribution is 0.415. The maximum atomic E-state index is 5.13. The monoisotopic (exact) mass is 337 g/mol. The van der Waals surface area contributed by atoms with Crippen molar-refractivity contribution in [2.75, 3.05) is 12.5 Å². The molecular formula is C19H19N3OS. The number of hydrogen-bond donors (Lipinski definition) is 1. The number of nitrogens with zero attached hydrogens (tertiary/aromatic N) is 2. The van der Waals surface area contributed by atoms with Crippen LogP contribution in [-0.4, -0.2) is 18.3 Å². The van der Waals surface area contributed by atoms with Gasteiger partial charge < -0.3 is 4.74 Å². The van der Waals surface area contributed by atoms with Crippen LogP contribution in [-0.2, 0) is 6.42 Å². The summed E-state index contributed by atoms with van der Waals surface area (Å²) in [5, 5.41) is 7.04. The van der Waals surface area contributed by atoms with Gasteiger partial charge >= 0.3 is 0 Å². The Hall–Kier alpha value is -2.66. The molecule has 2 aromatic carbocycles. The van der Waals surface area contributed by atoms with Crippen molar-refractivity contribution in [2.45, 2.75) is 13.3 Å². The Morgan fingerprint density at radius 1 is 1.12 bits per heavy atom. The molecule has 0 aliphatic heterocycles. The van der Waals surface area contributed by atoms with Gasteiger partial charge in [-0.2, -0.15) is 5.10 Å². The fraction of sp³-hybridized carbons (Fsp3) is 0.158. The summed E-state index contributed by atoms with van der Waals surface area (Å²) < 4.78 is 5.13. The number of hydrogen-bond acceptors (Lipinski definition) is 5. The molecule has 5 heteroatoms. The Labute approximate surface area is 145 Å². The Balaban J connectivity index is 1.63. The molecule has 0 unspecified atom stereocenters. The van der Waals surface area contributed by atoms with E-state index in [2.05, 4.69) is 46.7 Å². The number of benzene rings is 2. The van der Waals surface area contributed by atoms with Crippen LogP contribution in [0.4, 0.5) is 5.13 Å². The maximum Gasteiger partial charge on any atom is 0.203 e. The highest BCUT2D eigenvalue weighted by atomic mass is 32.1. The van der Waals surface area contributed by atoms with E-state index in [-0.39, 0.29) is 0 Å². The second kappa shape index (κ2) is 7.75. The van der Waals surface area contributed by atoms with Crippen LogP contribution in [0, 0.1) is 0 Å². The summed E-state index contributed by atoms with van der Waals surface area (Å²) in [5.41, 5.74) is 7.39. The van der Waals surface area contributed by atoms with E-state index < -0.39 is 0 Å². The second-order valence-corrected chi connectivity index (χ2v) is 6.09. The van der Waals surface area contributed by atoms with E-state index in [1.54, 1.807) is 13.3 Å². The summed E-state index contributed by atoms with van der Waals surface area (Å²) in [6, 6.07) is 16.2. The molecular weight excluding hydrogens is 318 g/mol. The molecule has 0 bridgehead atoms. The highest BCUT2D eigenvalue weighted by Gasteiger charge is 2.03. The lowest BCUT2D eigenvalue weighted by atomic mass is 10.1. The smallest absolute Gasteiger partial charge is 0.203 e. The van der Waals surface area contributed by atoms with Gasteiger partial charge in [-0.3, -0.25) is 5.43 Å². The molecule has 0 aliphatic rings. The van der Waals surface area contributed by atoms with Crippen LogP contribution in [0.15, 0.2) is 59.0 Å². The van der Waals surface area contributed by atoms with E-state index in [0.29, 0.717) is 0 Å². The first-order valence-electron chi connectivity index (χ1n) is 7.76. The minimum Gasteiger partial charge on any atom is -0.497 e. The minimum atomic E-state index is 0.773.